The zero-order valence-corrected chi connectivity index (χ0v) is 12.6. The summed E-state index contributed by atoms with van der Waals surface area (Å²) in [6, 6.07) is 11.3. The topological polar surface area (TPSA) is 36.6 Å². The van der Waals surface area contributed by atoms with Gasteiger partial charge in [0, 0.05) is 11.6 Å². The average molecular weight is 294 g/mol. The maximum atomic E-state index is 10.1. The number of benzene rings is 1. The van der Waals surface area contributed by atoms with Gasteiger partial charge in [-0.05, 0) is 50.2 Å². The molecule has 2 rings (SSSR count). The van der Waals surface area contributed by atoms with Crippen LogP contribution in [0, 0.1) is 6.92 Å². The molecule has 1 aromatic carbocycles. The minimum atomic E-state index is -0.465. The van der Waals surface area contributed by atoms with Gasteiger partial charge in [0.25, 0.3) is 0 Å². The number of rotatable bonds is 6. The number of aliphatic hydroxyl groups excluding tert-OH is 1. The molecule has 0 saturated carbocycles. The van der Waals surface area contributed by atoms with Crippen molar-refractivity contribution in [2.75, 3.05) is 13.6 Å². The van der Waals surface area contributed by atoms with Crippen LogP contribution in [0.15, 0.2) is 40.8 Å². The second-order valence-electron chi connectivity index (χ2n) is 5.11. The van der Waals surface area contributed by atoms with Crippen molar-refractivity contribution < 1.29 is 9.52 Å². The minimum absolute atomic E-state index is 0.465. The van der Waals surface area contributed by atoms with E-state index in [1.165, 1.54) is 0 Å². The second kappa shape index (κ2) is 6.93. The number of aryl methyl sites for hydroxylation is 1. The van der Waals surface area contributed by atoms with Crippen LogP contribution in [-0.4, -0.2) is 23.6 Å². The first-order chi connectivity index (χ1) is 9.54. The molecule has 1 heterocycles. The summed E-state index contributed by atoms with van der Waals surface area (Å²) in [7, 11) is 2.02. The van der Waals surface area contributed by atoms with Gasteiger partial charge in [0.15, 0.2) is 0 Å². The van der Waals surface area contributed by atoms with Gasteiger partial charge in [0.1, 0.15) is 11.5 Å². The Kier molecular flexibility index (Phi) is 5.24. The van der Waals surface area contributed by atoms with Gasteiger partial charge in [-0.2, -0.15) is 0 Å². The first-order valence-electron chi connectivity index (χ1n) is 6.72. The standard InChI is InChI=1S/C16H20ClNO2/c1-12-3-8-15(20-12)11-18(2)10-9-16(19)13-4-6-14(17)7-5-13/h3-8,16,19H,9-11H2,1-2H3. The van der Waals surface area contributed by atoms with Gasteiger partial charge in [0.05, 0.1) is 12.6 Å². The molecule has 1 atom stereocenters. The van der Waals surface area contributed by atoms with E-state index in [9.17, 15) is 5.11 Å². The van der Waals surface area contributed by atoms with Crippen molar-refractivity contribution in [2.24, 2.45) is 0 Å². The highest BCUT2D eigenvalue weighted by atomic mass is 35.5. The van der Waals surface area contributed by atoms with E-state index in [-0.39, 0.29) is 0 Å². The third-order valence-electron chi connectivity index (χ3n) is 3.26. The monoisotopic (exact) mass is 293 g/mol. The fourth-order valence-electron chi connectivity index (χ4n) is 2.11. The summed E-state index contributed by atoms with van der Waals surface area (Å²) < 4.78 is 5.54. The maximum Gasteiger partial charge on any atom is 0.118 e. The van der Waals surface area contributed by atoms with E-state index in [2.05, 4.69) is 4.90 Å². The van der Waals surface area contributed by atoms with Crippen molar-refractivity contribution in [3.05, 3.63) is 58.5 Å². The third-order valence-corrected chi connectivity index (χ3v) is 3.51. The lowest BCUT2D eigenvalue weighted by Gasteiger charge is -2.18. The van der Waals surface area contributed by atoms with E-state index in [1.807, 2.05) is 38.2 Å². The van der Waals surface area contributed by atoms with Crippen molar-refractivity contribution in [3.8, 4) is 0 Å². The van der Waals surface area contributed by atoms with Gasteiger partial charge in [-0.25, -0.2) is 0 Å². The minimum Gasteiger partial charge on any atom is -0.465 e. The molecule has 0 aliphatic carbocycles. The summed E-state index contributed by atoms with van der Waals surface area (Å²) in [6.07, 6.45) is 0.214. The Morgan fingerprint density at radius 2 is 1.90 bits per heavy atom. The summed E-state index contributed by atoms with van der Waals surface area (Å²) in [5.41, 5.74) is 0.900. The molecular weight excluding hydrogens is 274 g/mol. The molecule has 4 heteroatoms. The Balaban J connectivity index is 1.80. The molecule has 0 spiro atoms. The average Bonchev–Trinajstić information content (AvgIpc) is 2.82. The van der Waals surface area contributed by atoms with E-state index in [0.29, 0.717) is 11.4 Å². The first-order valence-corrected chi connectivity index (χ1v) is 7.10. The molecule has 108 valence electrons. The molecule has 0 radical (unpaired) electrons. The Hall–Kier alpha value is -1.29. The molecule has 20 heavy (non-hydrogen) atoms. The van der Waals surface area contributed by atoms with Gasteiger partial charge in [0.2, 0.25) is 0 Å². The Morgan fingerprint density at radius 1 is 1.20 bits per heavy atom. The summed E-state index contributed by atoms with van der Waals surface area (Å²) >= 11 is 5.84. The van der Waals surface area contributed by atoms with E-state index in [4.69, 9.17) is 16.0 Å². The van der Waals surface area contributed by atoms with Crippen LogP contribution in [0.25, 0.3) is 0 Å². The van der Waals surface area contributed by atoms with Crippen LogP contribution in [0.3, 0.4) is 0 Å². The summed E-state index contributed by atoms with van der Waals surface area (Å²) in [5, 5.41) is 10.8. The zero-order chi connectivity index (χ0) is 14.5. The fourth-order valence-corrected chi connectivity index (χ4v) is 2.24. The second-order valence-corrected chi connectivity index (χ2v) is 5.54. The van der Waals surface area contributed by atoms with Gasteiger partial charge >= 0.3 is 0 Å². The summed E-state index contributed by atoms with van der Waals surface area (Å²) in [5.74, 6) is 1.88. The number of halogens is 1. The molecule has 3 nitrogen and oxygen atoms in total. The van der Waals surface area contributed by atoms with Crippen LogP contribution < -0.4 is 0 Å². The highest BCUT2D eigenvalue weighted by Crippen LogP contribution is 2.19. The molecule has 0 saturated heterocycles. The SMILES string of the molecule is Cc1ccc(CN(C)CCC(O)c2ccc(Cl)cc2)o1. The first kappa shape index (κ1) is 15.1. The van der Waals surface area contributed by atoms with Crippen molar-refractivity contribution in [2.45, 2.75) is 26.0 Å². The Labute approximate surface area is 124 Å². The molecule has 0 fully saturated rings. The summed E-state index contributed by atoms with van der Waals surface area (Å²) in [4.78, 5) is 2.14. The van der Waals surface area contributed by atoms with Crippen molar-refractivity contribution in [3.63, 3.8) is 0 Å². The molecule has 0 bridgehead atoms. The fraction of sp³-hybridized carbons (Fsp3) is 0.375. The predicted octanol–water partition coefficient (Wildman–Crippen LogP) is 3.80. The third kappa shape index (κ3) is 4.37. The molecule has 0 aliphatic heterocycles. The lowest BCUT2D eigenvalue weighted by atomic mass is 10.1. The van der Waals surface area contributed by atoms with E-state index < -0.39 is 6.10 Å². The van der Waals surface area contributed by atoms with Crippen LogP contribution >= 0.6 is 11.6 Å². The maximum absolute atomic E-state index is 10.1. The lowest BCUT2D eigenvalue weighted by molar-refractivity contribution is 0.145. The molecule has 0 aliphatic rings. The predicted molar refractivity (Wildman–Crippen MR) is 80.8 cm³/mol. The number of hydrogen-bond donors (Lipinski definition) is 1. The molecule has 1 aromatic heterocycles. The van der Waals surface area contributed by atoms with E-state index >= 15 is 0 Å². The smallest absolute Gasteiger partial charge is 0.118 e. The molecule has 1 N–H and O–H groups in total. The van der Waals surface area contributed by atoms with Crippen LogP contribution in [-0.2, 0) is 6.54 Å². The van der Waals surface area contributed by atoms with E-state index in [0.717, 1.165) is 30.2 Å². The highest BCUT2D eigenvalue weighted by molar-refractivity contribution is 6.30. The largest absolute Gasteiger partial charge is 0.465 e. The van der Waals surface area contributed by atoms with Crippen LogP contribution in [0.1, 0.15) is 29.6 Å². The number of nitrogens with zero attached hydrogens (tertiary/aromatic N) is 1. The van der Waals surface area contributed by atoms with E-state index in [1.54, 1.807) is 12.1 Å². The molecular formula is C16H20ClNO2. The highest BCUT2D eigenvalue weighted by Gasteiger charge is 2.10. The van der Waals surface area contributed by atoms with Crippen LogP contribution in [0.2, 0.25) is 5.02 Å². The van der Waals surface area contributed by atoms with Crippen LogP contribution in [0.4, 0.5) is 0 Å². The Morgan fingerprint density at radius 3 is 2.50 bits per heavy atom. The number of furan rings is 1. The quantitative estimate of drug-likeness (QED) is 0.880. The van der Waals surface area contributed by atoms with Crippen molar-refractivity contribution in [1.82, 2.24) is 4.90 Å². The van der Waals surface area contributed by atoms with Crippen molar-refractivity contribution in [1.29, 1.82) is 0 Å². The van der Waals surface area contributed by atoms with Gasteiger partial charge in [-0.3, -0.25) is 4.90 Å². The van der Waals surface area contributed by atoms with Gasteiger partial charge < -0.3 is 9.52 Å². The van der Waals surface area contributed by atoms with Crippen LogP contribution in [0.5, 0.6) is 0 Å². The zero-order valence-electron chi connectivity index (χ0n) is 11.8. The summed E-state index contributed by atoms with van der Waals surface area (Å²) in [6.45, 7) is 3.48. The van der Waals surface area contributed by atoms with Gasteiger partial charge in [-0.15, -0.1) is 0 Å². The normalized spacial score (nSPS) is 12.8. The Bertz CT molecular complexity index is 536. The molecule has 2 aromatic rings. The van der Waals surface area contributed by atoms with Crippen molar-refractivity contribution >= 4 is 11.6 Å². The lowest BCUT2D eigenvalue weighted by Crippen LogP contribution is -2.20. The van der Waals surface area contributed by atoms with Gasteiger partial charge in [-0.1, -0.05) is 23.7 Å². The number of aliphatic hydroxyl groups is 1. The molecule has 1 unspecified atom stereocenters. The molecule has 0 amide bonds. The number of hydrogen-bond acceptors (Lipinski definition) is 3.